The average molecular weight is 314 g/mol. The van der Waals surface area contributed by atoms with Gasteiger partial charge in [0.15, 0.2) is 5.11 Å². The standard InChI is InChI=1S/C17H19N3OS/c1-18-12-6-9-13(18)10-11-15-16(21)20(17(22)19(15)2)14-7-4-3-5-8-14/h3-5,7-8,10-11H,6,9,12H2,1-2H3/p+1/b13-10-,15-11-. The highest BCUT2D eigenvalue weighted by Gasteiger charge is 2.36. The first-order valence-electron chi connectivity index (χ1n) is 7.50. The fraction of sp³-hybridized carbons (Fsp3) is 0.294. The summed E-state index contributed by atoms with van der Waals surface area (Å²) in [5.74, 6) is -0.0637. The molecule has 1 aromatic carbocycles. The molecular weight excluding hydrogens is 294 g/mol. The number of hydrogen-bond donors (Lipinski definition) is 1. The Balaban J connectivity index is 1.91. The molecule has 0 radical (unpaired) electrons. The van der Waals surface area contributed by atoms with Gasteiger partial charge in [0, 0.05) is 19.9 Å². The lowest BCUT2D eigenvalue weighted by molar-refractivity contribution is -0.828. The van der Waals surface area contributed by atoms with E-state index in [1.165, 1.54) is 17.0 Å². The van der Waals surface area contributed by atoms with E-state index in [0.717, 1.165) is 18.7 Å². The van der Waals surface area contributed by atoms with Crippen LogP contribution in [0, 0.1) is 0 Å². The van der Waals surface area contributed by atoms with Crippen LogP contribution in [0.5, 0.6) is 0 Å². The van der Waals surface area contributed by atoms with E-state index in [4.69, 9.17) is 12.2 Å². The minimum Gasteiger partial charge on any atom is -0.317 e. The topological polar surface area (TPSA) is 28.0 Å². The van der Waals surface area contributed by atoms with Gasteiger partial charge in [-0.05, 0) is 36.5 Å². The van der Waals surface area contributed by atoms with E-state index in [0.29, 0.717) is 10.8 Å². The number of likely N-dealkylation sites (tertiary alicyclic amines) is 1. The normalized spacial score (nSPS) is 25.8. The second-order valence-corrected chi connectivity index (χ2v) is 6.06. The summed E-state index contributed by atoms with van der Waals surface area (Å²) in [5, 5.41) is 0.521. The van der Waals surface area contributed by atoms with Gasteiger partial charge < -0.3 is 9.80 Å². The van der Waals surface area contributed by atoms with E-state index in [9.17, 15) is 4.79 Å². The lowest BCUT2D eigenvalue weighted by Crippen LogP contribution is -3.04. The summed E-state index contributed by atoms with van der Waals surface area (Å²) < 4.78 is 0. The summed E-state index contributed by atoms with van der Waals surface area (Å²) in [6, 6.07) is 9.54. The highest BCUT2D eigenvalue weighted by Crippen LogP contribution is 2.26. The van der Waals surface area contributed by atoms with Crippen molar-refractivity contribution in [2.45, 2.75) is 12.8 Å². The molecule has 0 bridgehead atoms. The Bertz CT molecular complexity index is 666. The summed E-state index contributed by atoms with van der Waals surface area (Å²) >= 11 is 5.44. The molecule has 5 heteroatoms. The van der Waals surface area contributed by atoms with E-state index in [1.807, 2.05) is 43.5 Å². The number of carbonyl (C=O) groups excluding carboxylic acids is 1. The molecule has 2 aliphatic rings. The van der Waals surface area contributed by atoms with E-state index in [1.54, 1.807) is 9.80 Å². The van der Waals surface area contributed by atoms with Crippen molar-refractivity contribution in [1.29, 1.82) is 0 Å². The van der Waals surface area contributed by atoms with Gasteiger partial charge in [-0.2, -0.15) is 0 Å². The Hall–Kier alpha value is -1.98. The minimum atomic E-state index is -0.0637. The van der Waals surface area contributed by atoms with Crippen LogP contribution in [0.4, 0.5) is 5.69 Å². The van der Waals surface area contributed by atoms with Crippen molar-refractivity contribution >= 4 is 28.9 Å². The number of thiocarbonyl (C=S) groups is 1. The zero-order chi connectivity index (χ0) is 15.7. The van der Waals surface area contributed by atoms with E-state index >= 15 is 0 Å². The predicted molar refractivity (Wildman–Crippen MR) is 91.4 cm³/mol. The maximum Gasteiger partial charge on any atom is 0.281 e. The molecule has 0 spiro atoms. The summed E-state index contributed by atoms with van der Waals surface area (Å²) in [6.07, 6.45) is 6.28. The minimum absolute atomic E-state index is 0.0637. The molecule has 3 rings (SSSR count). The van der Waals surface area contributed by atoms with Crippen molar-refractivity contribution in [1.82, 2.24) is 4.90 Å². The molecule has 0 aliphatic carbocycles. The molecule has 2 saturated heterocycles. The monoisotopic (exact) mass is 314 g/mol. The van der Waals surface area contributed by atoms with Gasteiger partial charge >= 0.3 is 0 Å². The van der Waals surface area contributed by atoms with Gasteiger partial charge in [0.25, 0.3) is 5.91 Å². The second-order valence-electron chi connectivity index (χ2n) is 5.70. The molecule has 0 aromatic heterocycles. The molecule has 22 heavy (non-hydrogen) atoms. The summed E-state index contributed by atoms with van der Waals surface area (Å²) in [6.45, 7) is 1.16. The first-order valence-corrected chi connectivity index (χ1v) is 7.91. The number of hydrogen-bond acceptors (Lipinski definition) is 2. The predicted octanol–water partition coefficient (Wildman–Crippen LogP) is 1.33. The fourth-order valence-electron chi connectivity index (χ4n) is 2.91. The molecule has 1 unspecified atom stereocenters. The Morgan fingerprint density at radius 3 is 2.59 bits per heavy atom. The van der Waals surface area contributed by atoms with Crippen molar-refractivity contribution in [3.05, 3.63) is 53.9 Å². The maximum atomic E-state index is 12.7. The highest BCUT2D eigenvalue weighted by molar-refractivity contribution is 7.80. The molecule has 1 amide bonds. The van der Waals surface area contributed by atoms with Crippen LogP contribution in [0.1, 0.15) is 12.8 Å². The summed E-state index contributed by atoms with van der Waals surface area (Å²) in [5.41, 5.74) is 2.78. The van der Waals surface area contributed by atoms with Crippen LogP contribution in [0.15, 0.2) is 53.9 Å². The van der Waals surface area contributed by atoms with Crippen molar-refractivity contribution in [2.24, 2.45) is 0 Å². The smallest absolute Gasteiger partial charge is 0.281 e. The van der Waals surface area contributed by atoms with Gasteiger partial charge in [-0.25, -0.2) is 0 Å². The number of rotatable bonds is 2. The average Bonchev–Trinajstić information content (AvgIpc) is 3.01. The number of amides is 1. The number of nitrogens with zero attached hydrogens (tertiary/aromatic N) is 2. The first kappa shape index (κ1) is 14.9. The zero-order valence-corrected chi connectivity index (χ0v) is 13.7. The van der Waals surface area contributed by atoms with Crippen LogP contribution < -0.4 is 9.80 Å². The Kier molecular flexibility index (Phi) is 4.09. The molecule has 2 heterocycles. The molecule has 0 saturated carbocycles. The van der Waals surface area contributed by atoms with Gasteiger partial charge in [-0.15, -0.1) is 0 Å². The van der Waals surface area contributed by atoms with Crippen molar-refractivity contribution in [3.8, 4) is 0 Å². The summed E-state index contributed by atoms with van der Waals surface area (Å²) in [4.78, 5) is 17.5. The van der Waals surface area contributed by atoms with Gasteiger partial charge in [-0.3, -0.25) is 9.69 Å². The molecule has 2 aliphatic heterocycles. The number of para-hydroxylation sites is 1. The molecule has 114 valence electrons. The lowest BCUT2D eigenvalue weighted by atomic mass is 10.2. The van der Waals surface area contributed by atoms with E-state index in [-0.39, 0.29) is 5.91 Å². The third-order valence-electron chi connectivity index (χ3n) is 4.26. The SMILES string of the molecule is CN1C(=S)N(c2ccccc2)C(=O)/C1=C/C=C1/CCC[NH+]1C. The first-order chi connectivity index (χ1) is 10.6. The highest BCUT2D eigenvalue weighted by atomic mass is 32.1. The quantitative estimate of drug-likeness (QED) is 0.659. The Morgan fingerprint density at radius 1 is 1.23 bits per heavy atom. The second kappa shape index (κ2) is 6.02. The van der Waals surface area contributed by atoms with Crippen LogP contribution in [0.2, 0.25) is 0 Å². The molecule has 4 nitrogen and oxygen atoms in total. The van der Waals surface area contributed by atoms with Crippen LogP contribution in [0.3, 0.4) is 0 Å². The largest absolute Gasteiger partial charge is 0.317 e. The van der Waals surface area contributed by atoms with E-state index in [2.05, 4.69) is 13.1 Å². The third-order valence-corrected chi connectivity index (χ3v) is 4.72. The van der Waals surface area contributed by atoms with Crippen LogP contribution in [-0.4, -0.2) is 36.6 Å². The number of carbonyl (C=O) groups is 1. The van der Waals surface area contributed by atoms with Gasteiger partial charge in [0.2, 0.25) is 0 Å². The summed E-state index contributed by atoms with van der Waals surface area (Å²) in [7, 11) is 4.01. The van der Waals surface area contributed by atoms with Gasteiger partial charge in [0.05, 0.1) is 19.3 Å². The molecule has 2 fully saturated rings. The number of likely N-dealkylation sites (N-methyl/N-ethyl adjacent to an activating group) is 1. The molecule has 1 N–H and O–H groups in total. The van der Waals surface area contributed by atoms with Crippen molar-refractivity contribution in [3.63, 3.8) is 0 Å². The van der Waals surface area contributed by atoms with Crippen LogP contribution in [0.25, 0.3) is 0 Å². The fourth-order valence-corrected chi connectivity index (χ4v) is 3.20. The van der Waals surface area contributed by atoms with Crippen molar-refractivity contribution < 1.29 is 9.69 Å². The molecule has 1 aromatic rings. The lowest BCUT2D eigenvalue weighted by Gasteiger charge is -2.16. The van der Waals surface area contributed by atoms with E-state index < -0.39 is 0 Å². The van der Waals surface area contributed by atoms with Gasteiger partial charge in [0.1, 0.15) is 11.4 Å². The number of nitrogens with one attached hydrogen (secondary N) is 1. The Morgan fingerprint density at radius 2 is 1.95 bits per heavy atom. The zero-order valence-electron chi connectivity index (χ0n) is 12.9. The molecule has 1 atom stereocenters. The van der Waals surface area contributed by atoms with Crippen molar-refractivity contribution in [2.75, 3.05) is 25.5 Å². The number of quaternary nitrogens is 1. The maximum absolute atomic E-state index is 12.7. The van der Waals surface area contributed by atoms with Crippen LogP contribution >= 0.6 is 12.2 Å². The molecular formula is C17H20N3OS+. The number of allylic oxidation sites excluding steroid dienone is 3. The van der Waals surface area contributed by atoms with Gasteiger partial charge in [-0.1, -0.05) is 18.2 Å². The number of benzene rings is 1. The third kappa shape index (κ3) is 2.58. The number of anilines is 1. The van der Waals surface area contributed by atoms with Crippen LogP contribution in [-0.2, 0) is 4.79 Å². The Labute approximate surface area is 136 Å².